The molecule has 0 aliphatic carbocycles. The Kier molecular flexibility index (Phi) is 4.07. The van der Waals surface area contributed by atoms with Crippen LogP contribution in [-0.2, 0) is 14.3 Å². The molecule has 64 valence electrons. The van der Waals surface area contributed by atoms with Crippen LogP contribution in [0.15, 0.2) is 25.3 Å². The zero-order valence-corrected chi connectivity index (χ0v) is 7.30. The Bertz CT molecular complexity index is 220. The van der Waals surface area contributed by atoms with Gasteiger partial charge in [-0.15, -0.1) is 13.2 Å². The van der Waals surface area contributed by atoms with Crippen LogP contribution in [0.5, 0.6) is 0 Å². The molecule has 0 radical (unpaired) electrons. The molecular formula is C7H12O3S. The fourth-order valence-electron chi connectivity index (χ4n) is 0.575. The predicted molar refractivity (Wildman–Crippen MR) is 44.7 cm³/mol. The summed E-state index contributed by atoms with van der Waals surface area (Å²) in [5, 5.41) is -0.803. The second-order valence-electron chi connectivity index (χ2n) is 1.84. The lowest BCUT2D eigenvalue weighted by atomic mass is 10.4. The standard InChI is InChI=1S/C7H12O3S/c1-4-7(5-2)11(8,9)10-6-3/h4-5,7H,1-2,6H2,3H3. The van der Waals surface area contributed by atoms with Gasteiger partial charge in [-0.25, -0.2) is 0 Å². The van der Waals surface area contributed by atoms with E-state index >= 15 is 0 Å². The summed E-state index contributed by atoms with van der Waals surface area (Å²) >= 11 is 0. The molecule has 0 fully saturated rings. The summed E-state index contributed by atoms with van der Waals surface area (Å²) in [4.78, 5) is 0. The molecule has 11 heavy (non-hydrogen) atoms. The van der Waals surface area contributed by atoms with Crippen LogP contribution in [-0.4, -0.2) is 20.3 Å². The van der Waals surface area contributed by atoms with Crippen molar-refractivity contribution < 1.29 is 12.6 Å². The van der Waals surface area contributed by atoms with Gasteiger partial charge < -0.3 is 0 Å². The van der Waals surface area contributed by atoms with Gasteiger partial charge in [0, 0.05) is 0 Å². The van der Waals surface area contributed by atoms with Gasteiger partial charge in [-0.2, -0.15) is 8.42 Å². The fraction of sp³-hybridized carbons (Fsp3) is 0.429. The Labute approximate surface area is 67.5 Å². The first-order chi connectivity index (χ1) is 5.08. The van der Waals surface area contributed by atoms with Gasteiger partial charge in [-0.3, -0.25) is 4.18 Å². The van der Waals surface area contributed by atoms with Crippen molar-refractivity contribution in [3.05, 3.63) is 25.3 Å². The summed E-state index contributed by atoms with van der Waals surface area (Å²) in [6.45, 7) is 8.45. The number of hydrogen-bond donors (Lipinski definition) is 0. The van der Waals surface area contributed by atoms with Gasteiger partial charge in [-0.05, 0) is 6.92 Å². The molecule has 0 atom stereocenters. The molecule has 0 aliphatic rings. The van der Waals surface area contributed by atoms with Crippen LogP contribution in [0.2, 0.25) is 0 Å². The van der Waals surface area contributed by atoms with Gasteiger partial charge in [-0.1, -0.05) is 12.2 Å². The van der Waals surface area contributed by atoms with E-state index in [1.54, 1.807) is 6.92 Å². The number of hydrogen-bond acceptors (Lipinski definition) is 3. The monoisotopic (exact) mass is 176 g/mol. The van der Waals surface area contributed by atoms with E-state index < -0.39 is 15.4 Å². The second kappa shape index (κ2) is 4.31. The Hall–Kier alpha value is -0.610. The predicted octanol–water partition coefficient (Wildman–Crippen LogP) is 1.09. The molecule has 0 rings (SSSR count). The van der Waals surface area contributed by atoms with Gasteiger partial charge in [0.2, 0.25) is 0 Å². The smallest absolute Gasteiger partial charge is 0.270 e. The molecule has 0 aromatic carbocycles. The fourth-order valence-corrected chi connectivity index (χ4v) is 1.53. The highest BCUT2D eigenvalue weighted by molar-refractivity contribution is 7.87. The van der Waals surface area contributed by atoms with E-state index in [0.29, 0.717) is 0 Å². The first kappa shape index (κ1) is 10.4. The van der Waals surface area contributed by atoms with Crippen LogP contribution in [0.25, 0.3) is 0 Å². The molecule has 0 heterocycles. The lowest BCUT2D eigenvalue weighted by Gasteiger charge is -2.06. The molecule has 0 N–H and O–H groups in total. The van der Waals surface area contributed by atoms with Crippen LogP contribution >= 0.6 is 0 Å². The van der Waals surface area contributed by atoms with Gasteiger partial charge in [0.25, 0.3) is 10.1 Å². The highest BCUT2D eigenvalue weighted by Gasteiger charge is 2.18. The van der Waals surface area contributed by atoms with Crippen molar-refractivity contribution in [2.24, 2.45) is 0 Å². The quantitative estimate of drug-likeness (QED) is 0.465. The van der Waals surface area contributed by atoms with Crippen molar-refractivity contribution in [3.8, 4) is 0 Å². The first-order valence-electron chi connectivity index (χ1n) is 3.21. The Balaban J connectivity index is 4.51. The minimum Gasteiger partial charge on any atom is -0.270 e. The molecule has 0 unspecified atom stereocenters. The van der Waals surface area contributed by atoms with Crippen LogP contribution in [0, 0.1) is 0 Å². The van der Waals surface area contributed by atoms with Crippen LogP contribution in [0.4, 0.5) is 0 Å². The van der Waals surface area contributed by atoms with Crippen molar-refractivity contribution in [1.82, 2.24) is 0 Å². The molecule has 0 aliphatic heterocycles. The van der Waals surface area contributed by atoms with Crippen LogP contribution < -0.4 is 0 Å². The summed E-state index contributed by atoms with van der Waals surface area (Å²) in [6.07, 6.45) is 2.55. The Morgan fingerprint density at radius 2 is 1.91 bits per heavy atom. The van der Waals surface area contributed by atoms with E-state index in [9.17, 15) is 8.42 Å². The maximum absolute atomic E-state index is 11.0. The highest BCUT2D eigenvalue weighted by atomic mass is 32.2. The third-order valence-corrected chi connectivity index (χ3v) is 2.70. The molecular weight excluding hydrogens is 164 g/mol. The van der Waals surface area contributed by atoms with Crippen molar-refractivity contribution in [3.63, 3.8) is 0 Å². The summed E-state index contributed by atoms with van der Waals surface area (Å²) in [6, 6.07) is 0. The minimum absolute atomic E-state index is 0.139. The SMILES string of the molecule is C=CC(C=C)S(=O)(=O)OCC. The molecule has 0 bridgehead atoms. The molecule has 0 saturated carbocycles. The maximum atomic E-state index is 11.0. The van der Waals surface area contributed by atoms with E-state index in [-0.39, 0.29) is 6.61 Å². The summed E-state index contributed by atoms with van der Waals surface area (Å²) in [7, 11) is -3.51. The van der Waals surface area contributed by atoms with Crippen molar-refractivity contribution in [2.75, 3.05) is 6.61 Å². The summed E-state index contributed by atoms with van der Waals surface area (Å²) < 4.78 is 26.6. The summed E-state index contributed by atoms with van der Waals surface area (Å²) in [5.41, 5.74) is 0. The number of rotatable bonds is 5. The van der Waals surface area contributed by atoms with Crippen LogP contribution in [0.1, 0.15) is 6.92 Å². The Morgan fingerprint density at radius 3 is 2.18 bits per heavy atom. The molecule has 4 heteroatoms. The van der Waals surface area contributed by atoms with E-state index in [2.05, 4.69) is 17.3 Å². The molecule has 0 aromatic heterocycles. The third-order valence-electron chi connectivity index (χ3n) is 1.08. The molecule has 0 saturated heterocycles. The lowest BCUT2D eigenvalue weighted by Crippen LogP contribution is -2.18. The minimum atomic E-state index is -3.51. The second-order valence-corrected chi connectivity index (χ2v) is 3.60. The van der Waals surface area contributed by atoms with Crippen molar-refractivity contribution in [1.29, 1.82) is 0 Å². The Morgan fingerprint density at radius 1 is 1.45 bits per heavy atom. The normalized spacial score (nSPS) is 11.5. The van der Waals surface area contributed by atoms with E-state index in [4.69, 9.17) is 0 Å². The largest absolute Gasteiger partial charge is 0.277 e. The maximum Gasteiger partial charge on any atom is 0.277 e. The average Bonchev–Trinajstić information content (AvgIpc) is 1.89. The van der Waals surface area contributed by atoms with Gasteiger partial charge in [0.1, 0.15) is 5.25 Å². The highest BCUT2D eigenvalue weighted by Crippen LogP contribution is 2.05. The topological polar surface area (TPSA) is 43.4 Å². The first-order valence-corrected chi connectivity index (χ1v) is 4.69. The average molecular weight is 176 g/mol. The molecule has 0 aromatic rings. The molecule has 0 spiro atoms. The van der Waals surface area contributed by atoms with Gasteiger partial charge >= 0.3 is 0 Å². The lowest BCUT2D eigenvalue weighted by molar-refractivity contribution is 0.337. The van der Waals surface area contributed by atoms with Crippen molar-refractivity contribution >= 4 is 10.1 Å². The zero-order valence-electron chi connectivity index (χ0n) is 6.49. The summed E-state index contributed by atoms with van der Waals surface area (Å²) in [5.74, 6) is 0. The van der Waals surface area contributed by atoms with Crippen LogP contribution in [0.3, 0.4) is 0 Å². The van der Waals surface area contributed by atoms with Gasteiger partial charge in [0.05, 0.1) is 6.61 Å². The van der Waals surface area contributed by atoms with E-state index in [0.717, 1.165) is 0 Å². The van der Waals surface area contributed by atoms with E-state index in [1.165, 1.54) is 12.2 Å². The van der Waals surface area contributed by atoms with Crippen molar-refractivity contribution in [2.45, 2.75) is 12.2 Å². The van der Waals surface area contributed by atoms with E-state index in [1.807, 2.05) is 0 Å². The van der Waals surface area contributed by atoms with Gasteiger partial charge in [0.15, 0.2) is 0 Å². The third kappa shape index (κ3) is 2.86. The molecule has 3 nitrogen and oxygen atoms in total. The molecule has 0 amide bonds. The zero-order chi connectivity index (χ0) is 8.91.